The van der Waals surface area contributed by atoms with Gasteiger partial charge in [0.05, 0.1) is 33.8 Å². The quantitative estimate of drug-likeness (QED) is 0.0205. The molecule has 0 aromatic heterocycles. The summed E-state index contributed by atoms with van der Waals surface area (Å²) in [6.07, 6.45) is 75.1. The average Bonchev–Trinajstić information content (AvgIpc) is 3.38. The molecule has 0 radical (unpaired) electrons. The van der Waals surface area contributed by atoms with Crippen molar-refractivity contribution in [3.63, 3.8) is 0 Å². The number of hydrogen-bond donors (Lipinski definition) is 2. The average molecular weight is 1080 g/mol. The van der Waals surface area contributed by atoms with E-state index in [2.05, 4.69) is 123 Å². The zero-order chi connectivity index (χ0) is 55.7. The number of esters is 1. The van der Waals surface area contributed by atoms with E-state index in [1.807, 2.05) is 33.3 Å². The van der Waals surface area contributed by atoms with Crippen molar-refractivity contribution in [3.05, 3.63) is 109 Å². The highest BCUT2D eigenvalue weighted by Gasteiger charge is 2.30. The molecule has 3 atom stereocenters. The number of nitrogens with one attached hydrogen (secondary N) is 1. The van der Waals surface area contributed by atoms with Crippen molar-refractivity contribution in [2.45, 2.75) is 258 Å². The van der Waals surface area contributed by atoms with E-state index in [4.69, 9.17) is 13.8 Å². The molecule has 2 N–H and O–H groups in total. The molecule has 0 aliphatic rings. The molecule has 0 bridgehead atoms. The standard InChI is InChI=1S/C66H115N2O7P/c1-7-10-13-16-19-22-25-28-30-31-32-33-34-35-36-37-38-40-43-46-49-52-55-58-65(69)67-63(62-74-76(71,72)73-61-60-68(4,5)6)64(57-54-51-48-45-42-39-27-24-21-18-15-12-9-3)75-66(70)59-56-53-50-47-44-41-29-26-23-20-17-14-11-8-2/h10-11,13-14,19-20,22-23,28-30,32-33,35-36,41,54,57,63-64H,7-9,12,15-18,21,24-27,31,34,37-40,42-53,55-56,58-62H2,1-6H3,(H-,67,69,71,72)/p+1/b13-10-,14-11+,22-19-,23-20+,30-28-,33-32-,36-35-,41-29+,57-54-. The molecule has 1 amide bonds. The molecule has 436 valence electrons. The number of carbonyl (C=O) groups is 2. The highest BCUT2D eigenvalue weighted by atomic mass is 31.2. The highest BCUT2D eigenvalue weighted by molar-refractivity contribution is 7.47. The largest absolute Gasteiger partial charge is 0.472 e. The number of allylic oxidation sites excluding steroid dienone is 17. The van der Waals surface area contributed by atoms with E-state index in [1.165, 1.54) is 77.0 Å². The molecule has 9 nitrogen and oxygen atoms in total. The van der Waals surface area contributed by atoms with Crippen LogP contribution in [-0.4, -0.2) is 74.3 Å². The molecule has 0 saturated carbocycles. The third-order valence-corrected chi connectivity index (χ3v) is 13.9. The van der Waals surface area contributed by atoms with Gasteiger partial charge < -0.3 is 19.4 Å². The van der Waals surface area contributed by atoms with Crippen molar-refractivity contribution < 1.29 is 37.3 Å². The lowest BCUT2D eigenvalue weighted by Crippen LogP contribution is -2.47. The fourth-order valence-corrected chi connectivity index (χ4v) is 9.01. The number of phosphoric ester groups is 1. The summed E-state index contributed by atoms with van der Waals surface area (Å²) >= 11 is 0. The third-order valence-electron chi connectivity index (χ3n) is 13.0. The van der Waals surface area contributed by atoms with Crippen molar-refractivity contribution in [2.75, 3.05) is 40.9 Å². The lowest BCUT2D eigenvalue weighted by atomic mass is 10.0. The summed E-state index contributed by atoms with van der Waals surface area (Å²) in [5.41, 5.74) is 0. The van der Waals surface area contributed by atoms with Crippen molar-refractivity contribution in [1.82, 2.24) is 5.32 Å². The Balaban J connectivity index is 5.30. The van der Waals surface area contributed by atoms with E-state index in [-0.39, 0.29) is 31.5 Å². The molecule has 0 aromatic rings. The molecular weight excluding hydrogens is 964 g/mol. The number of nitrogens with zero attached hydrogens (tertiary/aromatic N) is 1. The molecule has 3 unspecified atom stereocenters. The van der Waals surface area contributed by atoms with Gasteiger partial charge in [-0.1, -0.05) is 233 Å². The van der Waals surface area contributed by atoms with Gasteiger partial charge in [0, 0.05) is 12.8 Å². The van der Waals surface area contributed by atoms with E-state index in [1.54, 1.807) is 0 Å². The number of quaternary nitrogens is 1. The van der Waals surface area contributed by atoms with Gasteiger partial charge in [0.1, 0.15) is 19.3 Å². The van der Waals surface area contributed by atoms with Crippen LogP contribution in [0.3, 0.4) is 0 Å². The van der Waals surface area contributed by atoms with Gasteiger partial charge in [-0.3, -0.25) is 18.6 Å². The topological polar surface area (TPSA) is 111 Å². The first-order chi connectivity index (χ1) is 36.9. The molecule has 0 aromatic carbocycles. The van der Waals surface area contributed by atoms with Crippen LogP contribution in [0, 0.1) is 0 Å². The van der Waals surface area contributed by atoms with Gasteiger partial charge in [-0.25, -0.2) is 4.57 Å². The van der Waals surface area contributed by atoms with E-state index in [9.17, 15) is 19.0 Å². The number of unbranched alkanes of at least 4 members (excludes halogenated alkanes) is 22. The molecular formula is C66H116N2O7P+. The molecule has 76 heavy (non-hydrogen) atoms. The van der Waals surface area contributed by atoms with Gasteiger partial charge >= 0.3 is 13.8 Å². The Bertz CT molecular complexity index is 1670. The van der Waals surface area contributed by atoms with Crippen LogP contribution in [-0.2, 0) is 27.9 Å². The number of likely N-dealkylation sites (N-methyl/N-ethyl adjacent to an activating group) is 1. The van der Waals surface area contributed by atoms with Crippen molar-refractivity contribution in [1.29, 1.82) is 0 Å². The van der Waals surface area contributed by atoms with Crippen LogP contribution in [0.2, 0.25) is 0 Å². The highest BCUT2D eigenvalue weighted by Crippen LogP contribution is 2.43. The number of phosphoric acid groups is 1. The molecule has 0 saturated heterocycles. The Hall–Kier alpha value is -3.33. The lowest BCUT2D eigenvalue weighted by Gasteiger charge is -2.27. The monoisotopic (exact) mass is 1080 g/mol. The molecule has 0 aliphatic carbocycles. The summed E-state index contributed by atoms with van der Waals surface area (Å²) in [5, 5.41) is 3.04. The number of rotatable bonds is 54. The third kappa shape index (κ3) is 55.4. The lowest BCUT2D eigenvalue weighted by molar-refractivity contribution is -0.870. The predicted octanol–water partition coefficient (Wildman–Crippen LogP) is 18.9. The van der Waals surface area contributed by atoms with E-state index in [0.29, 0.717) is 23.9 Å². The Morgan fingerprint density at radius 1 is 0.474 bits per heavy atom. The maximum absolute atomic E-state index is 13.6. The molecule has 0 rings (SSSR count). The second-order valence-electron chi connectivity index (χ2n) is 21.5. The Morgan fingerprint density at radius 2 is 0.842 bits per heavy atom. The van der Waals surface area contributed by atoms with Crippen LogP contribution in [0.5, 0.6) is 0 Å². The van der Waals surface area contributed by atoms with Crippen LogP contribution in [0.1, 0.15) is 245 Å². The number of ether oxygens (including phenoxy) is 1. The number of hydrogen-bond acceptors (Lipinski definition) is 6. The van der Waals surface area contributed by atoms with Gasteiger partial charge in [0.25, 0.3) is 0 Å². The van der Waals surface area contributed by atoms with Crippen LogP contribution in [0.15, 0.2) is 109 Å². The second kappa shape index (κ2) is 55.0. The Kier molecular flexibility index (Phi) is 52.6. The van der Waals surface area contributed by atoms with E-state index >= 15 is 0 Å². The van der Waals surface area contributed by atoms with Crippen LogP contribution in [0.4, 0.5) is 0 Å². The smallest absolute Gasteiger partial charge is 0.456 e. The minimum Gasteiger partial charge on any atom is -0.456 e. The van der Waals surface area contributed by atoms with Gasteiger partial charge in [0.15, 0.2) is 0 Å². The zero-order valence-corrected chi connectivity index (χ0v) is 50.6. The number of amides is 1. The van der Waals surface area contributed by atoms with Gasteiger partial charge in [-0.05, 0) is 109 Å². The summed E-state index contributed by atoms with van der Waals surface area (Å²) in [4.78, 5) is 37.7. The number of carbonyl (C=O) groups excluding carboxylic acids is 2. The molecule has 0 fully saturated rings. The van der Waals surface area contributed by atoms with Crippen molar-refractivity contribution >= 4 is 19.7 Å². The van der Waals surface area contributed by atoms with Gasteiger partial charge in [0.2, 0.25) is 5.91 Å². The second-order valence-corrected chi connectivity index (χ2v) is 22.9. The summed E-state index contributed by atoms with van der Waals surface area (Å²) in [7, 11) is 1.46. The maximum atomic E-state index is 13.6. The first kappa shape index (κ1) is 72.7. The van der Waals surface area contributed by atoms with Crippen LogP contribution >= 0.6 is 7.82 Å². The Labute approximate surface area is 468 Å². The van der Waals surface area contributed by atoms with Gasteiger partial charge in [-0.15, -0.1) is 0 Å². The van der Waals surface area contributed by atoms with Crippen molar-refractivity contribution in [2.24, 2.45) is 0 Å². The minimum atomic E-state index is -4.46. The van der Waals surface area contributed by atoms with Crippen LogP contribution < -0.4 is 5.32 Å². The summed E-state index contributed by atoms with van der Waals surface area (Å²) in [6.45, 7) is 6.75. The Morgan fingerprint density at radius 3 is 1.26 bits per heavy atom. The fourth-order valence-electron chi connectivity index (χ4n) is 8.27. The molecule has 10 heteroatoms. The van der Waals surface area contributed by atoms with E-state index < -0.39 is 20.0 Å². The molecule has 0 spiro atoms. The summed E-state index contributed by atoms with van der Waals surface area (Å²) in [6, 6.07) is -0.870. The predicted molar refractivity (Wildman–Crippen MR) is 327 cm³/mol. The SMILES string of the molecule is CC/C=C\C/C=C\C/C=C\C/C=C\C/C=C\CCCCCCCCCC(=O)NC(COP(=O)(O)OCC[N+](C)(C)C)C(/C=C\CCCCCCCCCCCCC)OC(=O)CCCCCC/C=C/C/C=C/C/C=C/CC. The minimum absolute atomic E-state index is 0.0285. The van der Waals surface area contributed by atoms with Crippen LogP contribution in [0.25, 0.3) is 0 Å². The van der Waals surface area contributed by atoms with E-state index in [0.717, 1.165) is 128 Å². The zero-order valence-electron chi connectivity index (χ0n) is 49.7. The summed E-state index contributed by atoms with van der Waals surface area (Å²) < 4.78 is 30.7. The first-order valence-corrected chi connectivity index (χ1v) is 32.2. The molecule has 0 heterocycles. The van der Waals surface area contributed by atoms with Crippen molar-refractivity contribution in [3.8, 4) is 0 Å². The molecule has 0 aliphatic heterocycles. The maximum Gasteiger partial charge on any atom is 0.472 e. The van der Waals surface area contributed by atoms with Gasteiger partial charge in [-0.2, -0.15) is 0 Å². The normalized spacial score (nSPS) is 14.5. The summed E-state index contributed by atoms with van der Waals surface area (Å²) in [5.74, 6) is -0.549. The fraction of sp³-hybridized carbons (Fsp3) is 0.697. The first-order valence-electron chi connectivity index (χ1n) is 30.7.